The van der Waals surface area contributed by atoms with E-state index in [1.54, 1.807) is 0 Å². The van der Waals surface area contributed by atoms with Crippen molar-refractivity contribution in [3.8, 4) is 0 Å². The Labute approximate surface area is 101 Å². The molecule has 1 aromatic carbocycles. The summed E-state index contributed by atoms with van der Waals surface area (Å²) in [5.74, 6) is 1.14. The predicted molar refractivity (Wildman–Crippen MR) is 65.5 cm³/mol. The molecular formula is C13H17N3O. The number of benzene rings is 1. The summed E-state index contributed by atoms with van der Waals surface area (Å²) < 4.78 is 5.22. The van der Waals surface area contributed by atoms with Gasteiger partial charge in [-0.2, -0.15) is 4.98 Å². The van der Waals surface area contributed by atoms with Gasteiger partial charge in [-0.15, -0.1) is 0 Å². The van der Waals surface area contributed by atoms with Gasteiger partial charge >= 0.3 is 0 Å². The third kappa shape index (κ3) is 2.53. The van der Waals surface area contributed by atoms with Crippen molar-refractivity contribution in [2.24, 2.45) is 5.73 Å². The molecule has 0 aliphatic carbocycles. The number of nitrogens with two attached hydrogens (primary N) is 1. The van der Waals surface area contributed by atoms with Crippen LogP contribution in [0.3, 0.4) is 0 Å². The van der Waals surface area contributed by atoms with Gasteiger partial charge in [0.1, 0.15) is 6.04 Å². The number of rotatable bonds is 2. The monoisotopic (exact) mass is 231 g/mol. The van der Waals surface area contributed by atoms with Crippen molar-refractivity contribution in [3.63, 3.8) is 0 Å². The zero-order valence-electron chi connectivity index (χ0n) is 10.3. The van der Waals surface area contributed by atoms with Gasteiger partial charge in [0, 0.05) is 5.41 Å². The molecular weight excluding hydrogens is 214 g/mol. The molecule has 2 aromatic rings. The SMILES string of the molecule is CC(C)(C)c1noc([C@@H](N)c2ccccc2)n1. The Morgan fingerprint density at radius 2 is 1.82 bits per heavy atom. The van der Waals surface area contributed by atoms with E-state index >= 15 is 0 Å². The predicted octanol–water partition coefficient (Wildman–Crippen LogP) is 2.42. The maximum Gasteiger partial charge on any atom is 0.248 e. The highest BCUT2D eigenvalue weighted by molar-refractivity contribution is 5.23. The molecule has 4 heteroatoms. The van der Waals surface area contributed by atoms with Crippen LogP contribution < -0.4 is 5.73 Å². The average molecular weight is 231 g/mol. The molecule has 2 N–H and O–H groups in total. The van der Waals surface area contributed by atoms with Crippen LogP contribution in [0.4, 0.5) is 0 Å². The Bertz CT molecular complexity index is 485. The summed E-state index contributed by atoms with van der Waals surface area (Å²) in [4.78, 5) is 4.36. The van der Waals surface area contributed by atoms with Gasteiger partial charge in [-0.1, -0.05) is 56.3 Å². The smallest absolute Gasteiger partial charge is 0.248 e. The van der Waals surface area contributed by atoms with Gasteiger partial charge in [0.2, 0.25) is 5.89 Å². The minimum atomic E-state index is -0.361. The normalized spacial score (nSPS) is 13.6. The average Bonchev–Trinajstić information content (AvgIpc) is 2.78. The van der Waals surface area contributed by atoms with Gasteiger partial charge in [0.15, 0.2) is 5.82 Å². The summed E-state index contributed by atoms with van der Waals surface area (Å²) >= 11 is 0. The first kappa shape index (κ1) is 11.8. The van der Waals surface area contributed by atoms with Gasteiger partial charge < -0.3 is 10.3 Å². The molecule has 1 heterocycles. The Balaban J connectivity index is 2.27. The van der Waals surface area contributed by atoms with Crippen molar-refractivity contribution >= 4 is 0 Å². The van der Waals surface area contributed by atoms with Crippen molar-refractivity contribution in [2.75, 3.05) is 0 Å². The zero-order chi connectivity index (χ0) is 12.5. The van der Waals surface area contributed by atoms with E-state index in [4.69, 9.17) is 10.3 Å². The molecule has 0 amide bonds. The van der Waals surface area contributed by atoms with Gasteiger partial charge in [-0.3, -0.25) is 0 Å². The van der Waals surface area contributed by atoms with E-state index in [0.29, 0.717) is 11.7 Å². The summed E-state index contributed by atoms with van der Waals surface area (Å²) in [6.45, 7) is 6.11. The van der Waals surface area contributed by atoms with E-state index < -0.39 is 0 Å². The third-order valence-electron chi connectivity index (χ3n) is 2.54. The molecule has 1 aromatic heterocycles. The van der Waals surface area contributed by atoms with Crippen molar-refractivity contribution in [1.82, 2.24) is 10.1 Å². The van der Waals surface area contributed by atoms with Gasteiger partial charge in [0.25, 0.3) is 0 Å². The minimum absolute atomic E-state index is 0.127. The molecule has 0 bridgehead atoms. The fourth-order valence-electron chi connectivity index (χ4n) is 1.47. The second kappa shape index (κ2) is 4.30. The van der Waals surface area contributed by atoms with Crippen LogP contribution in [0.15, 0.2) is 34.9 Å². The molecule has 0 saturated heterocycles. The summed E-state index contributed by atoms with van der Waals surface area (Å²) in [6, 6.07) is 9.37. The van der Waals surface area contributed by atoms with Gasteiger partial charge in [-0.25, -0.2) is 0 Å². The van der Waals surface area contributed by atoms with Crippen LogP contribution in [0.5, 0.6) is 0 Å². The highest BCUT2D eigenvalue weighted by Gasteiger charge is 2.23. The Hall–Kier alpha value is -1.68. The second-order valence-corrected chi connectivity index (χ2v) is 5.09. The van der Waals surface area contributed by atoms with E-state index in [1.165, 1.54) is 0 Å². The summed E-state index contributed by atoms with van der Waals surface area (Å²) in [7, 11) is 0. The van der Waals surface area contributed by atoms with Crippen molar-refractivity contribution in [2.45, 2.75) is 32.2 Å². The Morgan fingerprint density at radius 3 is 2.35 bits per heavy atom. The summed E-state index contributed by atoms with van der Waals surface area (Å²) in [5.41, 5.74) is 6.92. The lowest BCUT2D eigenvalue weighted by atomic mass is 9.96. The van der Waals surface area contributed by atoms with Crippen LogP contribution in [0.1, 0.15) is 44.1 Å². The minimum Gasteiger partial charge on any atom is -0.337 e. The van der Waals surface area contributed by atoms with Crippen LogP contribution >= 0.6 is 0 Å². The van der Waals surface area contributed by atoms with Gasteiger partial charge in [-0.05, 0) is 5.56 Å². The fraction of sp³-hybridized carbons (Fsp3) is 0.385. The van der Waals surface area contributed by atoms with Crippen molar-refractivity contribution in [3.05, 3.63) is 47.6 Å². The molecule has 0 fully saturated rings. The number of nitrogens with zero attached hydrogens (tertiary/aromatic N) is 2. The molecule has 2 rings (SSSR count). The van der Waals surface area contributed by atoms with Gasteiger partial charge in [0.05, 0.1) is 0 Å². The highest BCUT2D eigenvalue weighted by atomic mass is 16.5. The molecule has 4 nitrogen and oxygen atoms in total. The maximum absolute atomic E-state index is 6.08. The quantitative estimate of drug-likeness (QED) is 0.862. The van der Waals surface area contributed by atoms with Crippen LogP contribution in [0.2, 0.25) is 0 Å². The molecule has 0 aliphatic rings. The summed E-state index contributed by atoms with van der Waals surface area (Å²) in [6.07, 6.45) is 0. The topological polar surface area (TPSA) is 64.9 Å². The highest BCUT2D eigenvalue weighted by Crippen LogP contribution is 2.22. The number of hydrogen-bond donors (Lipinski definition) is 1. The molecule has 1 atom stereocenters. The fourth-order valence-corrected chi connectivity index (χ4v) is 1.47. The standard InChI is InChI=1S/C13H17N3O/c1-13(2,3)12-15-11(17-16-12)10(14)9-7-5-4-6-8-9/h4-8,10H,14H2,1-3H3/t10-/m0/s1. The first-order chi connectivity index (χ1) is 7.98. The van der Waals surface area contributed by atoms with Crippen LogP contribution in [0, 0.1) is 0 Å². The van der Waals surface area contributed by atoms with E-state index in [0.717, 1.165) is 5.56 Å². The largest absolute Gasteiger partial charge is 0.337 e. The molecule has 17 heavy (non-hydrogen) atoms. The molecule has 0 radical (unpaired) electrons. The van der Waals surface area contributed by atoms with E-state index in [-0.39, 0.29) is 11.5 Å². The molecule has 0 unspecified atom stereocenters. The summed E-state index contributed by atoms with van der Waals surface area (Å²) in [5, 5.41) is 3.97. The van der Waals surface area contributed by atoms with E-state index in [2.05, 4.69) is 10.1 Å². The third-order valence-corrected chi connectivity index (χ3v) is 2.54. The molecule has 0 spiro atoms. The molecule has 0 aliphatic heterocycles. The second-order valence-electron chi connectivity index (χ2n) is 5.09. The van der Waals surface area contributed by atoms with Crippen molar-refractivity contribution < 1.29 is 4.52 Å². The zero-order valence-corrected chi connectivity index (χ0v) is 10.3. The Morgan fingerprint density at radius 1 is 1.18 bits per heavy atom. The lowest BCUT2D eigenvalue weighted by Crippen LogP contribution is -2.15. The first-order valence-electron chi connectivity index (χ1n) is 5.63. The van der Waals surface area contributed by atoms with Crippen molar-refractivity contribution in [1.29, 1.82) is 0 Å². The van der Waals surface area contributed by atoms with E-state index in [1.807, 2.05) is 51.1 Å². The van der Waals surface area contributed by atoms with Crippen LogP contribution in [-0.2, 0) is 5.41 Å². The number of aromatic nitrogens is 2. The van der Waals surface area contributed by atoms with E-state index in [9.17, 15) is 0 Å². The number of hydrogen-bond acceptors (Lipinski definition) is 4. The molecule has 90 valence electrons. The maximum atomic E-state index is 6.08. The van der Waals surface area contributed by atoms with Crippen LogP contribution in [0.25, 0.3) is 0 Å². The lowest BCUT2D eigenvalue weighted by Gasteiger charge is -2.11. The first-order valence-corrected chi connectivity index (χ1v) is 5.63. The Kier molecular flexibility index (Phi) is 2.98. The van der Waals surface area contributed by atoms with Crippen LogP contribution in [-0.4, -0.2) is 10.1 Å². The molecule has 0 saturated carbocycles. The lowest BCUT2D eigenvalue weighted by molar-refractivity contribution is 0.354.